The lowest BCUT2D eigenvalue weighted by Gasteiger charge is -2.42. The molecule has 1 amide bonds. The first kappa shape index (κ1) is 23.1. The number of halogens is 1. The molecule has 7 nitrogen and oxygen atoms in total. The second-order valence-electron chi connectivity index (χ2n) is 8.49. The Balaban J connectivity index is 1.56. The first-order valence-corrected chi connectivity index (χ1v) is 12.1. The van der Waals surface area contributed by atoms with Gasteiger partial charge in [-0.3, -0.25) is 10.0 Å². The summed E-state index contributed by atoms with van der Waals surface area (Å²) in [6.45, 7) is 3.41. The molecule has 168 valence electrons. The van der Waals surface area contributed by atoms with Gasteiger partial charge in [0.2, 0.25) is 16.4 Å². The van der Waals surface area contributed by atoms with Crippen LogP contribution in [0.2, 0.25) is 0 Å². The van der Waals surface area contributed by atoms with Crippen molar-refractivity contribution in [2.45, 2.75) is 51.0 Å². The second-order valence-corrected chi connectivity index (χ2v) is 10.5. The van der Waals surface area contributed by atoms with E-state index >= 15 is 0 Å². The number of hydrogen-bond donors (Lipinski definition) is 1. The van der Waals surface area contributed by atoms with Gasteiger partial charge in [0.05, 0.1) is 11.3 Å². The highest BCUT2D eigenvalue weighted by atomic mass is 32.2. The van der Waals surface area contributed by atoms with Gasteiger partial charge >= 0.3 is 0 Å². The van der Waals surface area contributed by atoms with Crippen LogP contribution in [-0.4, -0.2) is 67.0 Å². The van der Waals surface area contributed by atoms with E-state index in [-0.39, 0.29) is 30.8 Å². The summed E-state index contributed by atoms with van der Waals surface area (Å²) >= 11 is 0. The van der Waals surface area contributed by atoms with Gasteiger partial charge in [-0.2, -0.15) is 0 Å². The van der Waals surface area contributed by atoms with E-state index in [4.69, 9.17) is 4.74 Å². The van der Waals surface area contributed by atoms with Crippen molar-refractivity contribution in [3.8, 4) is 0 Å². The van der Waals surface area contributed by atoms with E-state index in [1.54, 1.807) is 6.07 Å². The molecule has 0 atom stereocenters. The first-order valence-electron chi connectivity index (χ1n) is 10.5. The Morgan fingerprint density at radius 3 is 2.57 bits per heavy atom. The molecule has 0 bridgehead atoms. The van der Waals surface area contributed by atoms with Crippen LogP contribution in [0.15, 0.2) is 18.2 Å². The Kier molecular flexibility index (Phi) is 7.49. The average Bonchev–Trinajstić information content (AvgIpc) is 2.73. The number of aryl methyl sites for hydroxylation is 2. The number of hydroxylamine groups is 2. The van der Waals surface area contributed by atoms with Crippen molar-refractivity contribution >= 4 is 16.4 Å². The monoisotopic (exact) mass is 442 g/mol. The lowest BCUT2D eigenvalue weighted by Crippen LogP contribution is -2.57. The summed E-state index contributed by atoms with van der Waals surface area (Å²) in [5.41, 5.74) is 0.945. The molecule has 2 aliphatic rings. The van der Waals surface area contributed by atoms with Gasteiger partial charge in [0.25, 0.3) is 0 Å². The molecule has 1 aromatic rings. The zero-order valence-corrected chi connectivity index (χ0v) is 18.2. The summed E-state index contributed by atoms with van der Waals surface area (Å²) in [7, 11) is -3.62. The van der Waals surface area contributed by atoms with Crippen molar-refractivity contribution in [3.05, 3.63) is 35.1 Å². The summed E-state index contributed by atoms with van der Waals surface area (Å²) in [5.74, 6) is -0.103. The number of ether oxygens (including phenoxy) is 1. The molecule has 2 saturated heterocycles. The molecule has 0 saturated carbocycles. The van der Waals surface area contributed by atoms with Crippen molar-refractivity contribution < 1.29 is 27.5 Å². The van der Waals surface area contributed by atoms with Crippen LogP contribution in [0.25, 0.3) is 0 Å². The molecular formula is C21H31FN2O5S. The Hall–Kier alpha value is -1.55. The SMILES string of the molecule is Cc1cc(F)ccc1CCC1CCN(S(=O)(=O)CC2(N(O)C=O)CCOCC2)CC1. The van der Waals surface area contributed by atoms with Crippen LogP contribution in [-0.2, 0) is 26.0 Å². The summed E-state index contributed by atoms with van der Waals surface area (Å²) in [4.78, 5) is 11.2. The molecule has 2 aliphatic heterocycles. The number of piperidine rings is 1. The van der Waals surface area contributed by atoms with Crippen molar-refractivity contribution in [2.75, 3.05) is 32.1 Å². The van der Waals surface area contributed by atoms with Gasteiger partial charge in [-0.15, -0.1) is 0 Å². The summed E-state index contributed by atoms with van der Waals surface area (Å²) in [6.07, 6.45) is 4.19. The van der Waals surface area contributed by atoms with Crippen molar-refractivity contribution in [1.29, 1.82) is 0 Å². The van der Waals surface area contributed by atoms with E-state index in [2.05, 4.69) is 0 Å². The smallest absolute Gasteiger partial charge is 0.233 e. The van der Waals surface area contributed by atoms with Gasteiger partial charge in [0, 0.05) is 26.3 Å². The standard InChI is InChI=1S/C21H31FN2O5S/c1-17-14-20(22)5-4-19(17)3-2-18-6-10-23(11-7-18)30(27,28)15-21(24(26)16-25)8-12-29-13-9-21/h4-5,14,16,18,26H,2-3,6-13,15H2,1H3. The van der Waals surface area contributed by atoms with Crippen LogP contribution in [0.5, 0.6) is 0 Å². The first-order chi connectivity index (χ1) is 14.3. The minimum atomic E-state index is -3.62. The van der Waals surface area contributed by atoms with Gasteiger partial charge in [-0.05, 0) is 74.6 Å². The fourth-order valence-electron chi connectivity index (χ4n) is 4.51. The van der Waals surface area contributed by atoms with Crippen LogP contribution in [0.4, 0.5) is 4.39 Å². The summed E-state index contributed by atoms with van der Waals surface area (Å²) in [5, 5.41) is 10.6. The van der Waals surface area contributed by atoms with E-state index < -0.39 is 15.6 Å². The van der Waals surface area contributed by atoms with Crippen molar-refractivity contribution in [3.63, 3.8) is 0 Å². The average molecular weight is 443 g/mol. The highest BCUT2D eigenvalue weighted by molar-refractivity contribution is 7.89. The minimum Gasteiger partial charge on any atom is -0.381 e. The molecular weight excluding hydrogens is 411 g/mol. The molecule has 0 radical (unpaired) electrons. The molecule has 2 fully saturated rings. The van der Waals surface area contributed by atoms with Crippen LogP contribution in [0, 0.1) is 18.7 Å². The van der Waals surface area contributed by atoms with Crippen LogP contribution >= 0.6 is 0 Å². The maximum Gasteiger partial charge on any atom is 0.233 e. The second kappa shape index (κ2) is 9.72. The van der Waals surface area contributed by atoms with E-state index in [1.807, 2.05) is 13.0 Å². The van der Waals surface area contributed by atoms with Crippen molar-refractivity contribution in [2.24, 2.45) is 5.92 Å². The molecule has 3 rings (SSSR count). The molecule has 0 aliphatic carbocycles. The van der Waals surface area contributed by atoms with E-state index in [0.29, 0.717) is 37.3 Å². The molecule has 0 spiro atoms. The summed E-state index contributed by atoms with van der Waals surface area (Å²) in [6, 6.07) is 4.85. The third-order valence-electron chi connectivity index (χ3n) is 6.55. The maximum absolute atomic E-state index is 13.3. The minimum absolute atomic E-state index is 0.229. The number of nitrogens with zero attached hydrogens (tertiary/aromatic N) is 2. The summed E-state index contributed by atoms with van der Waals surface area (Å²) < 4.78 is 46.1. The lowest BCUT2D eigenvalue weighted by atomic mass is 9.90. The fourth-order valence-corrected chi connectivity index (χ4v) is 6.56. The Labute approximate surface area is 177 Å². The number of carbonyl (C=O) groups excluding carboxylic acids is 1. The Bertz CT molecular complexity index is 834. The van der Waals surface area contributed by atoms with E-state index in [9.17, 15) is 22.8 Å². The van der Waals surface area contributed by atoms with Gasteiger partial charge in [0.1, 0.15) is 5.82 Å². The fraction of sp³-hybridized carbons (Fsp3) is 0.667. The number of rotatable bonds is 8. The Morgan fingerprint density at radius 1 is 1.30 bits per heavy atom. The predicted molar refractivity (Wildman–Crippen MR) is 110 cm³/mol. The van der Waals surface area contributed by atoms with E-state index in [1.165, 1.54) is 10.4 Å². The molecule has 1 aromatic carbocycles. The topological polar surface area (TPSA) is 87.2 Å². The molecule has 9 heteroatoms. The number of sulfonamides is 1. The number of amides is 1. The number of carbonyl (C=O) groups is 1. The maximum atomic E-state index is 13.3. The van der Waals surface area contributed by atoms with Gasteiger partial charge in [-0.1, -0.05) is 6.07 Å². The van der Waals surface area contributed by atoms with Crippen molar-refractivity contribution in [1.82, 2.24) is 9.37 Å². The number of benzene rings is 1. The zero-order chi connectivity index (χ0) is 21.8. The van der Waals surface area contributed by atoms with Crippen LogP contribution in [0.3, 0.4) is 0 Å². The van der Waals surface area contributed by atoms with Crippen LogP contribution < -0.4 is 0 Å². The third kappa shape index (κ3) is 5.38. The normalized spacial score (nSPS) is 20.8. The number of hydrogen-bond acceptors (Lipinski definition) is 5. The lowest BCUT2D eigenvalue weighted by molar-refractivity contribution is -0.189. The quantitative estimate of drug-likeness (QED) is 0.380. The molecule has 0 aromatic heterocycles. The van der Waals surface area contributed by atoms with Gasteiger partial charge < -0.3 is 4.74 Å². The van der Waals surface area contributed by atoms with Crippen LogP contribution in [0.1, 0.15) is 43.2 Å². The Morgan fingerprint density at radius 2 is 1.97 bits per heavy atom. The van der Waals surface area contributed by atoms with Gasteiger partial charge in [-0.25, -0.2) is 22.2 Å². The molecule has 30 heavy (non-hydrogen) atoms. The predicted octanol–water partition coefficient (Wildman–Crippen LogP) is 2.51. The largest absolute Gasteiger partial charge is 0.381 e. The zero-order valence-electron chi connectivity index (χ0n) is 17.4. The molecule has 0 unspecified atom stereocenters. The highest BCUT2D eigenvalue weighted by Crippen LogP contribution is 2.31. The highest BCUT2D eigenvalue weighted by Gasteiger charge is 2.44. The van der Waals surface area contributed by atoms with Gasteiger partial charge in [0.15, 0.2) is 0 Å². The third-order valence-corrected chi connectivity index (χ3v) is 8.61. The molecule has 1 N–H and O–H groups in total. The molecule has 2 heterocycles. The van der Waals surface area contributed by atoms with E-state index in [0.717, 1.165) is 36.8 Å².